The van der Waals surface area contributed by atoms with Gasteiger partial charge in [-0.1, -0.05) is 42.5 Å². The van der Waals surface area contributed by atoms with E-state index in [0.29, 0.717) is 6.42 Å². The van der Waals surface area contributed by atoms with Crippen molar-refractivity contribution >= 4 is 5.91 Å². The summed E-state index contributed by atoms with van der Waals surface area (Å²) in [6, 6.07) is 16.6. The smallest absolute Gasteiger partial charge is 0.227 e. The van der Waals surface area contributed by atoms with E-state index in [-0.39, 0.29) is 11.7 Å². The number of carbonyl (C=O) groups is 1. The Hall–Kier alpha value is -2.20. The lowest BCUT2D eigenvalue weighted by molar-refractivity contribution is -0.130. The summed E-state index contributed by atoms with van der Waals surface area (Å²) in [5.41, 5.74) is 2.18. The van der Waals surface area contributed by atoms with E-state index in [0.717, 1.165) is 44.7 Å². The quantitative estimate of drug-likeness (QED) is 0.862. The third kappa shape index (κ3) is 4.65. The van der Waals surface area contributed by atoms with Crippen molar-refractivity contribution in [3.63, 3.8) is 0 Å². The first-order valence-electron chi connectivity index (χ1n) is 8.49. The Balaban J connectivity index is 1.53. The maximum absolute atomic E-state index is 13.0. The molecule has 1 amide bonds. The molecule has 0 bridgehead atoms. The van der Waals surface area contributed by atoms with Crippen LogP contribution in [0.5, 0.6) is 0 Å². The van der Waals surface area contributed by atoms with Gasteiger partial charge in [0.2, 0.25) is 5.91 Å². The molecule has 0 N–H and O–H groups in total. The molecule has 2 aromatic carbocycles. The summed E-state index contributed by atoms with van der Waals surface area (Å²) in [6.45, 7) is 4.39. The van der Waals surface area contributed by atoms with E-state index in [2.05, 4.69) is 29.2 Å². The first-order chi connectivity index (χ1) is 11.7. The zero-order chi connectivity index (χ0) is 16.8. The van der Waals surface area contributed by atoms with Crippen molar-refractivity contribution < 1.29 is 9.18 Å². The van der Waals surface area contributed by atoms with Gasteiger partial charge >= 0.3 is 0 Å². The van der Waals surface area contributed by atoms with Crippen LogP contribution >= 0.6 is 0 Å². The molecule has 3 nitrogen and oxygen atoms in total. The Morgan fingerprint density at radius 1 is 0.875 bits per heavy atom. The summed E-state index contributed by atoms with van der Waals surface area (Å²) >= 11 is 0. The van der Waals surface area contributed by atoms with E-state index in [4.69, 9.17) is 0 Å². The molecule has 0 atom stereocenters. The molecule has 3 rings (SSSR count). The largest absolute Gasteiger partial charge is 0.341 e. The molecule has 1 aliphatic heterocycles. The highest BCUT2D eigenvalue weighted by Gasteiger charge is 2.19. The van der Waals surface area contributed by atoms with E-state index in [1.807, 2.05) is 11.0 Å². The van der Waals surface area contributed by atoms with Crippen molar-refractivity contribution in [2.45, 2.75) is 19.4 Å². The molecule has 126 valence electrons. The molecule has 1 aliphatic rings. The minimum Gasteiger partial charge on any atom is -0.341 e. The number of nitrogens with zero attached hydrogens (tertiary/aromatic N) is 2. The average Bonchev–Trinajstić information content (AvgIpc) is 2.83. The highest BCUT2D eigenvalue weighted by molar-refractivity contribution is 5.78. The van der Waals surface area contributed by atoms with Crippen LogP contribution in [0, 0.1) is 5.82 Å². The number of halogens is 1. The molecule has 2 aromatic rings. The summed E-state index contributed by atoms with van der Waals surface area (Å²) in [5, 5.41) is 0. The number of rotatable bonds is 4. The predicted octanol–water partition coefficient (Wildman–Crippen LogP) is 3.10. The van der Waals surface area contributed by atoms with Crippen LogP contribution in [-0.2, 0) is 17.8 Å². The van der Waals surface area contributed by atoms with Crippen molar-refractivity contribution in [2.24, 2.45) is 0 Å². The molecule has 1 fully saturated rings. The van der Waals surface area contributed by atoms with Crippen molar-refractivity contribution in [3.05, 3.63) is 71.5 Å². The second-order valence-corrected chi connectivity index (χ2v) is 6.30. The van der Waals surface area contributed by atoms with Crippen LogP contribution < -0.4 is 0 Å². The molecular formula is C20H23FN2O. The van der Waals surface area contributed by atoms with Gasteiger partial charge in [-0.2, -0.15) is 0 Å². The Labute approximate surface area is 142 Å². The first-order valence-corrected chi connectivity index (χ1v) is 8.49. The predicted molar refractivity (Wildman–Crippen MR) is 93.0 cm³/mol. The zero-order valence-electron chi connectivity index (χ0n) is 13.8. The second-order valence-electron chi connectivity index (χ2n) is 6.30. The van der Waals surface area contributed by atoms with Crippen molar-refractivity contribution in [2.75, 3.05) is 26.2 Å². The maximum atomic E-state index is 13.0. The van der Waals surface area contributed by atoms with Crippen LogP contribution in [0.3, 0.4) is 0 Å². The molecule has 24 heavy (non-hydrogen) atoms. The lowest BCUT2D eigenvalue weighted by atomic mass is 10.1. The number of amides is 1. The van der Waals surface area contributed by atoms with E-state index in [9.17, 15) is 9.18 Å². The minimum atomic E-state index is -0.266. The van der Waals surface area contributed by atoms with Gasteiger partial charge in [0.05, 0.1) is 6.42 Å². The molecule has 1 saturated heterocycles. The van der Waals surface area contributed by atoms with Crippen LogP contribution in [0.15, 0.2) is 54.6 Å². The maximum Gasteiger partial charge on any atom is 0.227 e. The number of hydrogen-bond acceptors (Lipinski definition) is 2. The molecule has 0 saturated carbocycles. The Morgan fingerprint density at radius 2 is 1.62 bits per heavy atom. The van der Waals surface area contributed by atoms with Gasteiger partial charge in [-0.05, 0) is 29.7 Å². The number of carbonyl (C=O) groups excluding carboxylic acids is 1. The van der Waals surface area contributed by atoms with Crippen molar-refractivity contribution in [3.8, 4) is 0 Å². The molecule has 1 heterocycles. The molecule has 0 aromatic heterocycles. The lowest BCUT2D eigenvalue weighted by Gasteiger charge is -2.22. The first kappa shape index (κ1) is 16.7. The van der Waals surface area contributed by atoms with Gasteiger partial charge in [-0.15, -0.1) is 0 Å². The van der Waals surface area contributed by atoms with E-state index < -0.39 is 0 Å². The van der Waals surface area contributed by atoms with E-state index in [1.165, 1.54) is 17.7 Å². The third-order valence-corrected chi connectivity index (χ3v) is 4.46. The van der Waals surface area contributed by atoms with Gasteiger partial charge in [0, 0.05) is 32.7 Å². The summed E-state index contributed by atoms with van der Waals surface area (Å²) in [7, 11) is 0. The van der Waals surface area contributed by atoms with Crippen LogP contribution in [0.25, 0.3) is 0 Å². The van der Waals surface area contributed by atoms with Gasteiger partial charge in [0.25, 0.3) is 0 Å². The topological polar surface area (TPSA) is 23.6 Å². The van der Waals surface area contributed by atoms with Gasteiger partial charge in [0.1, 0.15) is 5.82 Å². The van der Waals surface area contributed by atoms with Crippen molar-refractivity contribution in [1.29, 1.82) is 0 Å². The SMILES string of the molecule is O=C(Cc1ccc(F)cc1)N1CCCN(Cc2ccccc2)CC1. The molecule has 0 spiro atoms. The van der Waals surface area contributed by atoms with Crippen molar-refractivity contribution in [1.82, 2.24) is 9.80 Å². The van der Waals surface area contributed by atoms with Crippen LogP contribution in [-0.4, -0.2) is 41.9 Å². The molecule has 4 heteroatoms. The lowest BCUT2D eigenvalue weighted by Crippen LogP contribution is -2.36. The number of hydrogen-bond donors (Lipinski definition) is 0. The summed E-state index contributed by atoms with van der Waals surface area (Å²) in [6.07, 6.45) is 1.33. The standard InChI is InChI=1S/C20H23FN2O/c21-19-9-7-17(8-10-19)15-20(24)23-12-4-11-22(13-14-23)16-18-5-2-1-3-6-18/h1-3,5-10H,4,11-16H2. The Kier molecular flexibility index (Phi) is 5.59. The molecule has 0 radical (unpaired) electrons. The van der Waals surface area contributed by atoms with E-state index in [1.54, 1.807) is 12.1 Å². The minimum absolute atomic E-state index is 0.128. The summed E-state index contributed by atoms with van der Waals surface area (Å²) < 4.78 is 13.0. The monoisotopic (exact) mass is 326 g/mol. The fourth-order valence-electron chi connectivity index (χ4n) is 3.11. The highest BCUT2D eigenvalue weighted by Crippen LogP contribution is 2.11. The van der Waals surface area contributed by atoms with Gasteiger partial charge in [-0.3, -0.25) is 9.69 Å². The fourth-order valence-corrected chi connectivity index (χ4v) is 3.11. The van der Waals surface area contributed by atoms with Crippen LogP contribution in [0.1, 0.15) is 17.5 Å². The zero-order valence-corrected chi connectivity index (χ0v) is 13.8. The Morgan fingerprint density at radius 3 is 2.38 bits per heavy atom. The summed E-state index contributed by atoms with van der Waals surface area (Å²) in [4.78, 5) is 16.8. The van der Waals surface area contributed by atoms with Crippen LogP contribution in [0.4, 0.5) is 4.39 Å². The highest BCUT2D eigenvalue weighted by atomic mass is 19.1. The third-order valence-electron chi connectivity index (χ3n) is 4.46. The van der Waals surface area contributed by atoms with Gasteiger partial charge in [-0.25, -0.2) is 4.39 Å². The molecule has 0 aliphatic carbocycles. The Bertz CT molecular complexity index is 657. The fraction of sp³-hybridized carbons (Fsp3) is 0.350. The number of benzene rings is 2. The van der Waals surface area contributed by atoms with E-state index >= 15 is 0 Å². The van der Waals surface area contributed by atoms with Gasteiger partial charge in [0.15, 0.2) is 0 Å². The van der Waals surface area contributed by atoms with Gasteiger partial charge < -0.3 is 4.90 Å². The normalized spacial score (nSPS) is 16.0. The van der Waals surface area contributed by atoms with Crippen LogP contribution in [0.2, 0.25) is 0 Å². The molecule has 0 unspecified atom stereocenters. The molecular weight excluding hydrogens is 303 g/mol. The average molecular weight is 326 g/mol. The summed E-state index contributed by atoms with van der Waals surface area (Å²) in [5.74, 6) is -0.138. The second kappa shape index (κ2) is 8.06.